The van der Waals surface area contributed by atoms with E-state index in [0.29, 0.717) is 0 Å². The third-order valence-electron chi connectivity index (χ3n) is 9.39. The molecule has 0 aromatic carbocycles. The summed E-state index contributed by atoms with van der Waals surface area (Å²) in [4.78, 5) is 35.5. The van der Waals surface area contributed by atoms with Crippen LogP contribution in [0.25, 0.3) is 0 Å². The van der Waals surface area contributed by atoms with E-state index in [1.54, 1.807) is 0 Å². The summed E-state index contributed by atoms with van der Waals surface area (Å²) in [7, 11) is 0. The van der Waals surface area contributed by atoms with Crippen LogP contribution in [-0.4, -0.2) is 223 Å². The van der Waals surface area contributed by atoms with Crippen LogP contribution in [-0.2, 0) is 47.5 Å². The van der Waals surface area contributed by atoms with E-state index < -0.39 is 167 Å². The van der Waals surface area contributed by atoms with Gasteiger partial charge in [0, 0.05) is 20.8 Å². The first-order valence-electron chi connectivity index (χ1n) is 17.1. The second-order valence-corrected chi connectivity index (χ2v) is 13.4. The molecule has 0 bridgehead atoms. The van der Waals surface area contributed by atoms with E-state index in [1.807, 2.05) is 0 Å². The van der Waals surface area contributed by atoms with Crippen molar-refractivity contribution in [1.82, 2.24) is 16.0 Å². The highest BCUT2D eigenvalue weighted by molar-refractivity contribution is 5.74. The van der Waals surface area contributed by atoms with Gasteiger partial charge < -0.3 is 105 Å². The van der Waals surface area contributed by atoms with Gasteiger partial charge in [0.25, 0.3) is 0 Å². The number of carbonyl (C=O) groups excluding carboxylic acids is 3. The number of carbonyl (C=O) groups is 3. The molecule has 4 aliphatic heterocycles. The lowest BCUT2D eigenvalue weighted by molar-refractivity contribution is -0.370. The highest BCUT2D eigenvalue weighted by atomic mass is 16.8. The molecule has 4 heterocycles. The van der Waals surface area contributed by atoms with Gasteiger partial charge in [-0.05, 0) is 0 Å². The van der Waals surface area contributed by atoms with Gasteiger partial charge in [0.05, 0.1) is 26.4 Å². The van der Waals surface area contributed by atoms with Crippen LogP contribution < -0.4 is 16.0 Å². The maximum absolute atomic E-state index is 12.2. The lowest BCUT2D eigenvalue weighted by atomic mass is 9.94. The van der Waals surface area contributed by atoms with Gasteiger partial charge in [0.15, 0.2) is 25.2 Å². The Morgan fingerprint density at radius 1 is 0.481 bits per heavy atom. The molecular formula is C30H51N3O21. The maximum atomic E-state index is 12.2. The van der Waals surface area contributed by atoms with E-state index in [4.69, 9.17) is 33.2 Å². The van der Waals surface area contributed by atoms with Crippen LogP contribution in [0.5, 0.6) is 0 Å². The molecule has 54 heavy (non-hydrogen) atoms. The molecule has 4 rings (SSSR count). The molecule has 4 saturated heterocycles. The van der Waals surface area contributed by atoms with Gasteiger partial charge in [-0.3, -0.25) is 14.4 Å². The summed E-state index contributed by atoms with van der Waals surface area (Å²) in [6.45, 7) is 0.0638. The van der Waals surface area contributed by atoms with Gasteiger partial charge in [0.1, 0.15) is 97.5 Å². The molecule has 0 unspecified atom stereocenters. The van der Waals surface area contributed by atoms with Crippen molar-refractivity contribution in [2.24, 2.45) is 0 Å². The molecule has 24 heteroatoms. The fourth-order valence-electron chi connectivity index (χ4n) is 6.65. The van der Waals surface area contributed by atoms with Crippen LogP contribution >= 0.6 is 0 Å². The Bertz CT molecular complexity index is 1250. The SMILES string of the molecule is CC(=O)N[C@@H]1[C@@H](O)[C@H](O)[C@@H](CO[C@@H]2O[C@H](CO)[C@@H](O[C@@H]3O[C@H](CO)[C@H](O)[C@H](O[C@@H]4O[C@H](CO)[C@@H](O)[C@H](O)[C@H]4NC(C)=O)[C@H]3O)[C@H](O)[C@H]2NC(C)=O)O[C@H]1O. The van der Waals surface area contributed by atoms with Crippen molar-refractivity contribution < 1.29 is 104 Å². The third kappa shape index (κ3) is 9.97. The predicted octanol–water partition coefficient (Wildman–Crippen LogP) is -9.32. The van der Waals surface area contributed by atoms with Crippen molar-refractivity contribution in [2.75, 3.05) is 26.4 Å². The number of nitrogens with one attached hydrogen (secondary N) is 3. The van der Waals surface area contributed by atoms with Crippen LogP contribution in [0.2, 0.25) is 0 Å². The van der Waals surface area contributed by atoms with Crippen LogP contribution in [0.15, 0.2) is 0 Å². The van der Waals surface area contributed by atoms with E-state index in [0.717, 1.165) is 20.8 Å². The van der Waals surface area contributed by atoms with Crippen LogP contribution in [0.4, 0.5) is 0 Å². The minimum absolute atomic E-state index is 0.624. The van der Waals surface area contributed by atoms with Gasteiger partial charge in [0.2, 0.25) is 17.7 Å². The molecule has 14 N–H and O–H groups in total. The third-order valence-corrected chi connectivity index (χ3v) is 9.39. The zero-order valence-corrected chi connectivity index (χ0v) is 29.4. The monoisotopic (exact) mass is 789 g/mol. The molecule has 0 aromatic rings. The quantitative estimate of drug-likeness (QED) is 0.0823. The fourth-order valence-corrected chi connectivity index (χ4v) is 6.65. The van der Waals surface area contributed by atoms with E-state index in [1.165, 1.54) is 0 Å². The zero-order chi connectivity index (χ0) is 40.2. The van der Waals surface area contributed by atoms with Gasteiger partial charge in [-0.1, -0.05) is 0 Å². The van der Waals surface area contributed by atoms with E-state index >= 15 is 0 Å². The molecule has 4 fully saturated rings. The minimum atomic E-state index is -2.02. The Morgan fingerprint density at radius 3 is 1.48 bits per heavy atom. The number of hydrogen-bond acceptors (Lipinski definition) is 21. The van der Waals surface area contributed by atoms with Crippen LogP contribution in [0.1, 0.15) is 20.8 Å². The van der Waals surface area contributed by atoms with Gasteiger partial charge in [-0.15, -0.1) is 0 Å². The summed E-state index contributed by atoms with van der Waals surface area (Å²) < 4.78 is 39.5. The highest BCUT2D eigenvalue weighted by Gasteiger charge is 2.55. The molecule has 0 radical (unpaired) electrons. The average molecular weight is 790 g/mol. The summed E-state index contributed by atoms with van der Waals surface area (Å²) in [5.74, 6) is -2.03. The van der Waals surface area contributed by atoms with Crippen molar-refractivity contribution in [1.29, 1.82) is 0 Å². The minimum Gasteiger partial charge on any atom is -0.394 e. The topological polar surface area (TPSA) is 374 Å². The summed E-state index contributed by atoms with van der Waals surface area (Å²) in [5, 5.41) is 123. The predicted molar refractivity (Wildman–Crippen MR) is 169 cm³/mol. The Labute approximate surface area is 307 Å². The van der Waals surface area contributed by atoms with E-state index in [2.05, 4.69) is 16.0 Å². The zero-order valence-electron chi connectivity index (χ0n) is 29.4. The summed E-state index contributed by atoms with van der Waals surface area (Å²) in [6.07, 6.45) is -29.0. The van der Waals surface area contributed by atoms with Crippen molar-refractivity contribution in [3.8, 4) is 0 Å². The second-order valence-electron chi connectivity index (χ2n) is 13.4. The first-order valence-corrected chi connectivity index (χ1v) is 17.1. The lowest BCUT2D eigenvalue weighted by Gasteiger charge is -2.49. The van der Waals surface area contributed by atoms with Crippen molar-refractivity contribution >= 4 is 17.7 Å². The number of aliphatic hydroxyl groups is 11. The number of amides is 3. The van der Waals surface area contributed by atoms with Crippen LogP contribution in [0, 0.1) is 0 Å². The van der Waals surface area contributed by atoms with Crippen molar-refractivity contribution in [3.63, 3.8) is 0 Å². The van der Waals surface area contributed by atoms with Gasteiger partial charge in [-0.2, -0.15) is 0 Å². The molecule has 20 atom stereocenters. The number of rotatable bonds is 13. The molecule has 0 aromatic heterocycles. The first-order chi connectivity index (χ1) is 25.4. The smallest absolute Gasteiger partial charge is 0.217 e. The molecule has 3 amide bonds. The summed E-state index contributed by atoms with van der Waals surface area (Å²) >= 11 is 0. The van der Waals surface area contributed by atoms with Gasteiger partial charge >= 0.3 is 0 Å². The standard InChI is InChI=1S/C30H51N3O21/c1-8(37)31-15-21(43)19(41)14(49-27(15)47)7-48-28-17(33-10(3)39)23(45)25(13(6-36)52-28)53-30-24(46)26(20(42)12(5-35)51-30)54-29-16(32-9(2)38)22(44)18(40)11(4-34)50-29/h11-30,34-36,40-47H,4-7H2,1-3H3,(H,31,37)(H,32,38)(H,33,39)/t11-,12-,13-,14-,15-,16-,17-,18-,19-,20+,21-,22-,23-,24-,25-,26+,27-,28-,29+,30+/m1/s1. The highest BCUT2D eigenvalue weighted by Crippen LogP contribution is 2.33. The largest absolute Gasteiger partial charge is 0.394 e. The van der Waals surface area contributed by atoms with E-state index in [-0.39, 0.29) is 0 Å². The second kappa shape index (κ2) is 19.2. The number of ether oxygens (including phenoxy) is 7. The molecule has 24 nitrogen and oxygen atoms in total. The van der Waals surface area contributed by atoms with Crippen LogP contribution in [0.3, 0.4) is 0 Å². The normalized spacial score (nSPS) is 45.7. The lowest BCUT2D eigenvalue weighted by Crippen LogP contribution is -2.69. The summed E-state index contributed by atoms with van der Waals surface area (Å²) in [6, 6.07) is -4.39. The Balaban J connectivity index is 1.52. The average Bonchev–Trinajstić information content (AvgIpc) is 3.11. The Kier molecular flexibility index (Phi) is 15.8. The number of hydrogen-bond donors (Lipinski definition) is 14. The van der Waals surface area contributed by atoms with Gasteiger partial charge in [-0.25, -0.2) is 0 Å². The molecule has 0 saturated carbocycles. The summed E-state index contributed by atoms with van der Waals surface area (Å²) in [5.41, 5.74) is 0. The molecule has 312 valence electrons. The fraction of sp³-hybridized carbons (Fsp3) is 0.900. The van der Waals surface area contributed by atoms with E-state index in [9.17, 15) is 70.6 Å². The Hall–Kier alpha value is -2.31. The molecular weight excluding hydrogens is 738 g/mol. The maximum Gasteiger partial charge on any atom is 0.217 e. The van der Waals surface area contributed by atoms with Crippen molar-refractivity contribution in [3.05, 3.63) is 0 Å². The molecule has 0 spiro atoms. The molecule has 4 aliphatic rings. The number of aliphatic hydroxyl groups excluding tert-OH is 11. The molecule has 0 aliphatic carbocycles. The first kappa shape index (κ1) is 44.4. The van der Waals surface area contributed by atoms with Crippen molar-refractivity contribution in [2.45, 2.75) is 143 Å². The Morgan fingerprint density at radius 2 is 0.926 bits per heavy atom.